The van der Waals surface area contributed by atoms with Gasteiger partial charge in [-0.1, -0.05) is 12.2 Å². The van der Waals surface area contributed by atoms with E-state index in [0.717, 1.165) is 6.26 Å². The van der Waals surface area contributed by atoms with Gasteiger partial charge in [-0.05, 0) is 12.1 Å². The summed E-state index contributed by atoms with van der Waals surface area (Å²) in [5.41, 5.74) is 5.04. The number of hydrogen-bond donors (Lipinski definition) is 1. The summed E-state index contributed by atoms with van der Waals surface area (Å²) in [4.78, 5) is 1.09. The Morgan fingerprint density at radius 1 is 1.37 bits per heavy atom. The topological polar surface area (TPSA) is 63.4 Å². The molecule has 0 unspecified atom stereocenters. The van der Waals surface area contributed by atoms with Gasteiger partial charge >= 0.3 is 0 Å². The van der Waals surface area contributed by atoms with Gasteiger partial charge in [-0.25, -0.2) is 17.2 Å². The number of nitrogens with two attached hydrogens (primary N) is 1. The molecule has 0 heterocycles. The van der Waals surface area contributed by atoms with E-state index in [1.165, 1.54) is 24.1 Å². The molecule has 2 N–H and O–H groups in total. The maximum atomic E-state index is 13.8. The molecule has 0 bridgehead atoms. The third-order valence-electron chi connectivity index (χ3n) is 2.54. The molecule has 0 saturated heterocycles. The number of anilines is 1. The van der Waals surface area contributed by atoms with Gasteiger partial charge in [0.2, 0.25) is 0 Å². The monoisotopic (exact) mass is 308 g/mol. The zero-order valence-corrected chi connectivity index (χ0v) is 12.1. The van der Waals surface area contributed by atoms with E-state index in [0.29, 0.717) is 0 Å². The largest absolute Gasteiger partial charge is 0.389 e. The Morgan fingerprint density at radius 2 is 1.95 bits per heavy atom. The second kappa shape index (κ2) is 5.79. The van der Waals surface area contributed by atoms with Crippen LogP contribution in [0.25, 0.3) is 0 Å². The van der Waals surface area contributed by atoms with E-state index in [1.54, 1.807) is 0 Å². The van der Waals surface area contributed by atoms with Crippen LogP contribution >= 0.6 is 12.2 Å². The third-order valence-corrected chi connectivity index (χ3v) is 3.68. The number of rotatable bonds is 5. The summed E-state index contributed by atoms with van der Waals surface area (Å²) < 4.78 is 49.5. The van der Waals surface area contributed by atoms with Crippen molar-refractivity contribution in [3.8, 4) is 0 Å². The van der Waals surface area contributed by atoms with Crippen LogP contribution in [0.15, 0.2) is 12.1 Å². The van der Waals surface area contributed by atoms with E-state index in [1.807, 2.05) is 0 Å². The molecule has 0 atom stereocenters. The number of nitrogens with zero attached hydrogens (tertiary/aromatic N) is 1. The standard InChI is InChI=1S/C11H14F2N2O2S2/c1-15(5-6-19(2,16)17)8-4-3-7(11(14)18)9(12)10(8)13/h3-4H,5-6H2,1-2H3,(H2,14,18). The van der Waals surface area contributed by atoms with Crippen LogP contribution in [0.5, 0.6) is 0 Å². The Bertz CT molecular complexity index is 603. The maximum absolute atomic E-state index is 13.8. The summed E-state index contributed by atoms with van der Waals surface area (Å²) in [5.74, 6) is -2.38. The molecule has 0 aliphatic carbocycles. The van der Waals surface area contributed by atoms with E-state index in [9.17, 15) is 17.2 Å². The molecular weight excluding hydrogens is 294 g/mol. The van der Waals surface area contributed by atoms with Gasteiger partial charge in [0, 0.05) is 25.4 Å². The molecule has 0 aliphatic heterocycles. The van der Waals surface area contributed by atoms with E-state index >= 15 is 0 Å². The first-order valence-corrected chi connectivity index (χ1v) is 7.77. The summed E-state index contributed by atoms with van der Waals surface area (Å²) in [6.07, 6.45) is 1.08. The molecule has 4 nitrogen and oxygen atoms in total. The quantitative estimate of drug-likeness (QED) is 0.825. The summed E-state index contributed by atoms with van der Waals surface area (Å²) in [7, 11) is -1.69. The minimum atomic E-state index is -3.17. The molecule has 0 aliphatic rings. The van der Waals surface area contributed by atoms with Crippen molar-refractivity contribution in [1.82, 2.24) is 0 Å². The van der Waals surface area contributed by atoms with Gasteiger partial charge in [-0.15, -0.1) is 0 Å². The summed E-state index contributed by atoms with van der Waals surface area (Å²) >= 11 is 4.60. The highest BCUT2D eigenvalue weighted by atomic mass is 32.2. The smallest absolute Gasteiger partial charge is 0.182 e. The number of benzene rings is 1. The second-order valence-electron chi connectivity index (χ2n) is 4.18. The Hall–Kier alpha value is -1.28. The highest BCUT2D eigenvalue weighted by Gasteiger charge is 2.18. The first kappa shape index (κ1) is 15.8. The van der Waals surface area contributed by atoms with Crippen LogP contribution in [0, 0.1) is 11.6 Å². The molecule has 8 heteroatoms. The summed E-state index contributed by atoms with van der Waals surface area (Å²) in [6, 6.07) is 2.59. The van der Waals surface area contributed by atoms with Crippen LogP contribution in [0.3, 0.4) is 0 Å². The number of thiocarbonyl (C=S) groups is 1. The lowest BCUT2D eigenvalue weighted by atomic mass is 10.1. The van der Waals surface area contributed by atoms with E-state index in [2.05, 4.69) is 12.2 Å². The Kier molecular flexibility index (Phi) is 4.81. The second-order valence-corrected chi connectivity index (χ2v) is 6.88. The first-order valence-electron chi connectivity index (χ1n) is 5.30. The molecule has 0 spiro atoms. The fraction of sp³-hybridized carbons (Fsp3) is 0.364. The SMILES string of the molecule is CN(CCS(C)(=O)=O)c1ccc(C(N)=S)c(F)c1F. The zero-order valence-electron chi connectivity index (χ0n) is 10.5. The van der Waals surface area contributed by atoms with Crippen LogP contribution in [0.1, 0.15) is 5.56 Å². The molecule has 1 aromatic carbocycles. The zero-order chi connectivity index (χ0) is 14.8. The normalized spacial score (nSPS) is 11.4. The van der Waals surface area contributed by atoms with Gasteiger partial charge in [0.25, 0.3) is 0 Å². The highest BCUT2D eigenvalue weighted by Crippen LogP contribution is 2.23. The fourth-order valence-corrected chi connectivity index (χ4v) is 2.21. The van der Waals surface area contributed by atoms with Crippen molar-refractivity contribution in [1.29, 1.82) is 0 Å². The molecule has 106 valence electrons. The molecule has 0 aromatic heterocycles. The minimum Gasteiger partial charge on any atom is -0.389 e. The molecule has 0 amide bonds. The lowest BCUT2D eigenvalue weighted by Gasteiger charge is -2.20. The first-order chi connectivity index (χ1) is 8.63. The molecule has 0 fully saturated rings. The summed E-state index contributed by atoms with van der Waals surface area (Å²) in [6.45, 7) is 0.0572. The Morgan fingerprint density at radius 3 is 2.42 bits per heavy atom. The molecule has 1 rings (SSSR count). The lowest BCUT2D eigenvalue weighted by Crippen LogP contribution is -2.26. The van der Waals surface area contributed by atoms with Crippen molar-refractivity contribution >= 4 is 32.7 Å². The van der Waals surface area contributed by atoms with Crippen molar-refractivity contribution in [2.75, 3.05) is 30.5 Å². The van der Waals surface area contributed by atoms with Crippen LogP contribution in [-0.2, 0) is 9.84 Å². The van der Waals surface area contributed by atoms with Crippen molar-refractivity contribution in [3.63, 3.8) is 0 Å². The third kappa shape index (κ3) is 4.10. The van der Waals surface area contributed by atoms with E-state index < -0.39 is 21.5 Å². The number of hydrogen-bond acceptors (Lipinski definition) is 4. The lowest BCUT2D eigenvalue weighted by molar-refractivity contribution is 0.506. The fourth-order valence-electron chi connectivity index (χ4n) is 1.45. The van der Waals surface area contributed by atoms with Gasteiger partial charge in [0.15, 0.2) is 11.6 Å². The van der Waals surface area contributed by atoms with Crippen molar-refractivity contribution in [3.05, 3.63) is 29.3 Å². The summed E-state index contributed by atoms with van der Waals surface area (Å²) in [5, 5.41) is 0. The molecular formula is C11H14F2N2O2S2. The molecule has 0 radical (unpaired) electrons. The van der Waals surface area contributed by atoms with Crippen LogP contribution in [-0.4, -0.2) is 39.0 Å². The van der Waals surface area contributed by atoms with Crippen LogP contribution in [0.4, 0.5) is 14.5 Å². The van der Waals surface area contributed by atoms with Gasteiger partial charge in [0.05, 0.1) is 11.4 Å². The van der Waals surface area contributed by atoms with Gasteiger partial charge in [-0.2, -0.15) is 0 Å². The minimum absolute atomic E-state index is 0.0406. The van der Waals surface area contributed by atoms with Crippen molar-refractivity contribution in [2.24, 2.45) is 5.73 Å². The van der Waals surface area contributed by atoms with Crippen LogP contribution < -0.4 is 10.6 Å². The Labute approximate surface area is 116 Å². The van der Waals surface area contributed by atoms with Crippen molar-refractivity contribution in [2.45, 2.75) is 0 Å². The van der Waals surface area contributed by atoms with E-state index in [4.69, 9.17) is 5.73 Å². The number of halogens is 2. The molecule has 19 heavy (non-hydrogen) atoms. The van der Waals surface area contributed by atoms with Gasteiger partial charge < -0.3 is 10.6 Å². The molecule has 0 saturated carbocycles. The average molecular weight is 308 g/mol. The number of sulfone groups is 1. The highest BCUT2D eigenvalue weighted by molar-refractivity contribution is 7.90. The van der Waals surface area contributed by atoms with Gasteiger partial charge in [0.1, 0.15) is 14.8 Å². The predicted molar refractivity (Wildman–Crippen MR) is 75.2 cm³/mol. The van der Waals surface area contributed by atoms with E-state index in [-0.39, 0.29) is 28.5 Å². The average Bonchev–Trinajstić information content (AvgIpc) is 2.28. The Balaban J connectivity index is 3.02. The van der Waals surface area contributed by atoms with Crippen molar-refractivity contribution < 1.29 is 17.2 Å². The van der Waals surface area contributed by atoms with Crippen LogP contribution in [0.2, 0.25) is 0 Å². The molecule has 1 aromatic rings. The van der Waals surface area contributed by atoms with Gasteiger partial charge in [-0.3, -0.25) is 0 Å². The maximum Gasteiger partial charge on any atom is 0.182 e. The predicted octanol–water partition coefficient (Wildman–Crippen LogP) is 1.08.